The van der Waals surface area contributed by atoms with Crippen molar-refractivity contribution in [3.63, 3.8) is 0 Å². The smallest absolute Gasteiger partial charge is 0.283 e. The van der Waals surface area contributed by atoms with E-state index in [4.69, 9.17) is 14.5 Å². The van der Waals surface area contributed by atoms with Crippen molar-refractivity contribution in [2.45, 2.75) is 19.0 Å². The van der Waals surface area contributed by atoms with Crippen LogP contribution in [0, 0.1) is 13.8 Å². The van der Waals surface area contributed by atoms with E-state index in [1.807, 2.05) is 56.3 Å². The first kappa shape index (κ1) is 24.5. The quantitative estimate of drug-likeness (QED) is 0.228. The van der Waals surface area contributed by atoms with Gasteiger partial charge < -0.3 is 19.8 Å². The molecule has 0 bridgehead atoms. The van der Waals surface area contributed by atoms with E-state index < -0.39 is 0 Å². The Morgan fingerprint density at radius 2 is 1.73 bits per heavy atom. The number of aryl methyl sites for hydroxylation is 2. The van der Waals surface area contributed by atoms with Crippen molar-refractivity contribution in [1.82, 2.24) is 14.5 Å². The number of fused-ring (bicyclic) bond motifs is 3. The van der Waals surface area contributed by atoms with Crippen LogP contribution in [0.4, 0.5) is 5.69 Å². The Morgan fingerprint density at radius 3 is 2.46 bits per heavy atom. The molecule has 0 aliphatic carbocycles. The zero-order chi connectivity index (χ0) is 26.1. The van der Waals surface area contributed by atoms with Crippen molar-refractivity contribution in [3.8, 4) is 17.2 Å². The lowest BCUT2D eigenvalue weighted by atomic mass is 10.1. The van der Waals surface area contributed by atoms with Crippen LogP contribution in [0.2, 0.25) is 0 Å². The Bertz CT molecular complexity index is 1690. The van der Waals surface area contributed by atoms with Gasteiger partial charge in [0.15, 0.2) is 16.7 Å². The van der Waals surface area contributed by atoms with E-state index in [-0.39, 0.29) is 17.2 Å². The first-order valence-electron chi connectivity index (χ1n) is 11.6. The Balaban J connectivity index is 1.58. The van der Waals surface area contributed by atoms with E-state index >= 15 is 0 Å². The summed E-state index contributed by atoms with van der Waals surface area (Å²) < 4.78 is 12.3. The topological polar surface area (TPSA) is 98.2 Å². The summed E-state index contributed by atoms with van der Waals surface area (Å²) in [6, 6.07) is 18.7. The Hall–Kier alpha value is -4.24. The lowest BCUT2D eigenvalue weighted by Gasteiger charge is -2.15. The first-order valence-corrected chi connectivity index (χ1v) is 12.6. The number of aromatic amines is 1. The maximum absolute atomic E-state index is 13.8. The molecule has 0 aliphatic rings. The number of carbonyl (C=O) groups excluding carboxylic acids is 1. The summed E-state index contributed by atoms with van der Waals surface area (Å²) in [5.74, 6) is 0.899. The zero-order valence-electron chi connectivity index (χ0n) is 20.9. The SMILES string of the molecule is COc1ccc(-n2c(SCC(=O)Nc3cc(C)cc(C)c3)nc3c([nH]c4ccccc43)c2=O)cc1OC. The fourth-order valence-electron chi connectivity index (χ4n) is 4.40. The number of hydrogen-bond acceptors (Lipinski definition) is 6. The van der Waals surface area contributed by atoms with E-state index in [0.717, 1.165) is 27.7 Å². The predicted octanol–water partition coefficient (Wildman–Crippen LogP) is 5.23. The van der Waals surface area contributed by atoms with E-state index in [1.165, 1.54) is 23.4 Å². The molecule has 2 aromatic heterocycles. The number of anilines is 1. The maximum atomic E-state index is 13.8. The molecule has 0 saturated carbocycles. The van der Waals surface area contributed by atoms with Gasteiger partial charge in [0.2, 0.25) is 5.91 Å². The molecule has 5 rings (SSSR count). The summed E-state index contributed by atoms with van der Waals surface area (Å²) in [5.41, 5.74) is 4.91. The Labute approximate surface area is 217 Å². The highest BCUT2D eigenvalue weighted by atomic mass is 32.2. The minimum Gasteiger partial charge on any atom is -0.493 e. The van der Waals surface area contributed by atoms with Gasteiger partial charge >= 0.3 is 0 Å². The van der Waals surface area contributed by atoms with Gasteiger partial charge in [0.25, 0.3) is 5.56 Å². The average molecular weight is 515 g/mol. The molecule has 1 amide bonds. The molecule has 0 saturated heterocycles. The number of ether oxygens (including phenoxy) is 2. The van der Waals surface area contributed by atoms with E-state index in [1.54, 1.807) is 25.3 Å². The van der Waals surface area contributed by atoms with Gasteiger partial charge in [-0.15, -0.1) is 0 Å². The fourth-order valence-corrected chi connectivity index (χ4v) is 5.21. The minimum atomic E-state index is -0.273. The van der Waals surface area contributed by atoms with Crippen LogP contribution in [0.1, 0.15) is 11.1 Å². The van der Waals surface area contributed by atoms with Crippen molar-refractivity contribution in [3.05, 3.63) is 82.1 Å². The molecule has 5 aromatic rings. The minimum absolute atomic E-state index is 0.0700. The molecular weight excluding hydrogens is 488 g/mol. The van der Waals surface area contributed by atoms with Crippen LogP contribution < -0.4 is 20.3 Å². The highest BCUT2D eigenvalue weighted by Gasteiger charge is 2.19. The molecular formula is C28H26N4O4S. The normalized spacial score (nSPS) is 11.1. The second-order valence-electron chi connectivity index (χ2n) is 8.68. The molecule has 2 heterocycles. The molecule has 0 unspecified atom stereocenters. The van der Waals surface area contributed by atoms with Crippen molar-refractivity contribution >= 4 is 45.3 Å². The standard InChI is InChI=1S/C28H26N4O4S/c1-16-11-17(2)13-18(12-16)29-24(33)15-37-28-31-25-20-7-5-6-8-21(20)30-26(25)27(34)32(28)19-9-10-22(35-3)23(14-19)36-4/h5-14,30H,15H2,1-4H3,(H,29,33). The second kappa shape index (κ2) is 10.0. The number of methoxy groups -OCH3 is 2. The van der Waals surface area contributed by atoms with Gasteiger partial charge in [-0.2, -0.15) is 0 Å². The molecule has 8 nitrogen and oxygen atoms in total. The number of nitrogens with zero attached hydrogens (tertiary/aromatic N) is 2. The molecule has 9 heteroatoms. The highest BCUT2D eigenvalue weighted by molar-refractivity contribution is 7.99. The van der Waals surface area contributed by atoms with Crippen LogP contribution in [0.3, 0.4) is 0 Å². The summed E-state index contributed by atoms with van der Waals surface area (Å²) in [6.45, 7) is 3.97. The number of amides is 1. The van der Waals surface area contributed by atoms with E-state index in [9.17, 15) is 9.59 Å². The summed E-state index contributed by atoms with van der Waals surface area (Å²) in [7, 11) is 3.09. The number of hydrogen-bond donors (Lipinski definition) is 2. The molecule has 3 aromatic carbocycles. The van der Waals surface area contributed by atoms with Gasteiger partial charge in [-0.05, 0) is 55.3 Å². The number of aromatic nitrogens is 3. The van der Waals surface area contributed by atoms with Crippen molar-refractivity contribution in [1.29, 1.82) is 0 Å². The number of thioether (sulfide) groups is 1. The monoisotopic (exact) mass is 514 g/mol. The number of rotatable bonds is 7. The number of nitrogens with one attached hydrogen (secondary N) is 2. The van der Waals surface area contributed by atoms with Gasteiger partial charge in [0, 0.05) is 22.7 Å². The van der Waals surface area contributed by atoms with Crippen LogP contribution in [0.15, 0.2) is 70.6 Å². The molecule has 37 heavy (non-hydrogen) atoms. The maximum Gasteiger partial charge on any atom is 0.283 e. The van der Waals surface area contributed by atoms with Crippen molar-refractivity contribution < 1.29 is 14.3 Å². The first-order chi connectivity index (χ1) is 17.9. The van der Waals surface area contributed by atoms with Gasteiger partial charge in [-0.25, -0.2) is 4.98 Å². The molecule has 0 atom stereocenters. The van der Waals surface area contributed by atoms with Gasteiger partial charge in [-0.3, -0.25) is 14.2 Å². The largest absolute Gasteiger partial charge is 0.493 e. The molecule has 0 aliphatic heterocycles. The molecule has 0 radical (unpaired) electrons. The lowest BCUT2D eigenvalue weighted by Crippen LogP contribution is -2.23. The average Bonchev–Trinajstić information content (AvgIpc) is 3.25. The number of para-hydroxylation sites is 1. The van der Waals surface area contributed by atoms with Crippen LogP contribution in [0.25, 0.3) is 27.6 Å². The summed E-state index contributed by atoms with van der Waals surface area (Å²) in [5, 5.41) is 4.18. The third kappa shape index (κ3) is 4.77. The van der Waals surface area contributed by atoms with Crippen LogP contribution >= 0.6 is 11.8 Å². The zero-order valence-corrected chi connectivity index (χ0v) is 21.7. The molecule has 188 valence electrons. The summed E-state index contributed by atoms with van der Waals surface area (Å²) in [6.07, 6.45) is 0. The number of carbonyl (C=O) groups is 1. The molecule has 0 spiro atoms. The third-order valence-corrected chi connectivity index (χ3v) is 6.90. The van der Waals surface area contributed by atoms with Crippen LogP contribution in [0.5, 0.6) is 11.5 Å². The third-order valence-electron chi connectivity index (χ3n) is 5.96. The lowest BCUT2D eigenvalue weighted by molar-refractivity contribution is -0.113. The summed E-state index contributed by atoms with van der Waals surface area (Å²) in [4.78, 5) is 34.7. The molecule has 0 fully saturated rings. The highest BCUT2D eigenvalue weighted by Crippen LogP contribution is 2.31. The number of benzene rings is 3. The van der Waals surface area contributed by atoms with Crippen molar-refractivity contribution in [2.75, 3.05) is 25.3 Å². The Morgan fingerprint density at radius 1 is 1.00 bits per heavy atom. The molecule has 2 N–H and O–H groups in total. The van der Waals surface area contributed by atoms with Crippen molar-refractivity contribution in [2.24, 2.45) is 0 Å². The van der Waals surface area contributed by atoms with Crippen LogP contribution in [-0.4, -0.2) is 40.4 Å². The van der Waals surface area contributed by atoms with Gasteiger partial charge in [0.05, 0.1) is 25.7 Å². The fraction of sp³-hybridized carbons (Fsp3) is 0.179. The summed E-state index contributed by atoms with van der Waals surface area (Å²) >= 11 is 1.20. The van der Waals surface area contributed by atoms with Gasteiger partial charge in [-0.1, -0.05) is 36.0 Å². The van der Waals surface area contributed by atoms with Gasteiger partial charge in [0.1, 0.15) is 11.0 Å². The Kier molecular flexibility index (Phi) is 6.62. The van der Waals surface area contributed by atoms with E-state index in [2.05, 4.69) is 10.3 Å². The van der Waals surface area contributed by atoms with E-state index in [0.29, 0.717) is 33.4 Å². The number of H-pyrrole nitrogens is 1. The predicted molar refractivity (Wildman–Crippen MR) is 148 cm³/mol. The second-order valence-corrected chi connectivity index (χ2v) is 9.62. The van der Waals surface area contributed by atoms with Crippen LogP contribution in [-0.2, 0) is 4.79 Å².